The summed E-state index contributed by atoms with van der Waals surface area (Å²) >= 11 is 6.54. The molecule has 1 aliphatic heterocycles. The lowest BCUT2D eigenvalue weighted by Crippen LogP contribution is -2.45. The molecule has 1 amide bonds. The molecule has 198 valence electrons. The van der Waals surface area contributed by atoms with Crippen molar-refractivity contribution >= 4 is 46.3 Å². The number of rotatable bonds is 15. The average Bonchev–Trinajstić information content (AvgIpc) is 3.16. The van der Waals surface area contributed by atoms with Crippen molar-refractivity contribution in [1.29, 1.82) is 0 Å². The van der Waals surface area contributed by atoms with Gasteiger partial charge in [-0.3, -0.25) is 9.69 Å². The van der Waals surface area contributed by atoms with Crippen LogP contribution in [0.25, 0.3) is 6.08 Å². The molecule has 0 radical (unpaired) electrons. The predicted octanol–water partition coefficient (Wildman–Crippen LogP) is 6.72. The van der Waals surface area contributed by atoms with E-state index in [9.17, 15) is 14.7 Å². The molecule has 1 heterocycles. The molecule has 37 heavy (non-hydrogen) atoms. The van der Waals surface area contributed by atoms with Crippen LogP contribution in [0.2, 0.25) is 0 Å². The number of hydrogen-bond acceptors (Lipinski definition) is 6. The van der Waals surface area contributed by atoms with E-state index in [-0.39, 0.29) is 10.7 Å². The van der Waals surface area contributed by atoms with E-state index < -0.39 is 17.9 Å². The number of unbranched alkanes of at least 4 members (excludes halogenated alkanes) is 5. The number of ether oxygens (including phenoxy) is 2. The van der Waals surface area contributed by atoms with Gasteiger partial charge in [-0.15, -0.1) is 0 Å². The Bertz CT molecular complexity index is 1100. The largest absolute Gasteiger partial charge is 0.490 e. The van der Waals surface area contributed by atoms with Gasteiger partial charge in [0.25, 0.3) is 5.91 Å². The summed E-state index contributed by atoms with van der Waals surface area (Å²) in [4.78, 5) is 26.9. The normalized spacial score (nSPS) is 15.3. The van der Waals surface area contributed by atoms with E-state index in [2.05, 4.69) is 6.92 Å². The zero-order chi connectivity index (χ0) is 26.6. The van der Waals surface area contributed by atoms with E-state index in [1.54, 1.807) is 6.08 Å². The number of aliphatic carboxylic acids is 1. The van der Waals surface area contributed by atoms with Crippen LogP contribution in [0, 0.1) is 0 Å². The van der Waals surface area contributed by atoms with Gasteiger partial charge >= 0.3 is 5.97 Å². The first-order valence-electron chi connectivity index (χ1n) is 12.9. The molecule has 1 saturated heterocycles. The Morgan fingerprint density at radius 3 is 2.46 bits per heavy atom. The third-order valence-corrected chi connectivity index (χ3v) is 7.34. The lowest BCUT2D eigenvalue weighted by atomic mass is 10.0. The van der Waals surface area contributed by atoms with Gasteiger partial charge in [0.2, 0.25) is 0 Å². The van der Waals surface area contributed by atoms with E-state index in [0.29, 0.717) is 29.6 Å². The average molecular weight is 542 g/mol. The second-order valence-electron chi connectivity index (χ2n) is 8.85. The molecule has 1 N–H and O–H groups in total. The number of carboxylic acids is 1. The zero-order valence-corrected chi connectivity index (χ0v) is 23.1. The number of carboxylic acid groups (broad SMARTS) is 1. The quantitative estimate of drug-likeness (QED) is 0.152. The van der Waals surface area contributed by atoms with Crippen molar-refractivity contribution in [3.63, 3.8) is 0 Å². The Kier molecular flexibility index (Phi) is 11.5. The summed E-state index contributed by atoms with van der Waals surface area (Å²) in [5.41, 5.74) is 1.58. The second-order valence-corrected chi connectivity index (χ2v) is 10.5. The van der Waals surface area contributed by atoms with Crippen molar-refractivity contribution in [1.82, 2.24) is 4.90 Å². The van der Waals surface area contributed by atoms with Crippen LogP contribution in [0.15, 0.2) is 53.4 Å². The topological polar surface area (TPSA) is 76.1 Å². The maximum absolute atomic E-state index is 13.2. The van der Waals surface area contributed by atoms with Crippen LogP contribution in [-0.4, -0.2) is 45.5 Å². The number of thiocarbonyl (C=S) groups is 1. The number of benzene rings is 2. The van der Waals surface area contributed by atoms with Gasteiger partial charge in [-0.05, 0) is 42.7 Å². The SMILES string of the molecule is CCCCCCCCOc1ccc(C=C2SC(=S)N(C(Cc3ccccc3)C(=O)O)C2=O)cc1OCC. The lowest BCUT2D eigenvalue weighted by Gasteiger charge is -2.23. The van der Waals surface area contributed by atoms with Crippen LogP contribution in [0.4, 0.5) is 0 Å². The summed E-state index contributed by atoms with van der Waals surface area (Å²) in [6.45, 7) is 5.23. The van der Waals surface area contributed by atoms with Crippen LogP contribution in [0.5, 0.6) is 11.5 Å². The molecule has 1 unspecified atom stereocenters. The van der Waals surface area contributed by atoms with Crippen LogP contribution >= 0.6 is 24.0 Å². The first kappa shape index (κ1) is 28.7. The third-order valence-electron chi connectivity index (χ3n) is 6.01. The Labute approximate surface area is 229 Å². The Hall–Kier alpha value is -2.84. The fraction of sp³-hybridized carbons (Fsp3) is 0.414. The van der Waals surface area contributed by atoms with Crippen LogP contribution in [0.1, 0.15) is 63.5 Å². The van der Waals surface area contributed by atoms with Crippen molar-refractivity contribution in [2.75, 3.05) is 13.2 Å². The number of amides is 1. The molecule has 0 aliphatic carbocycles. The summed E-state index contributed by atoms with van der Waals surface area (Å²) in [5, 5.41) is 9.86. The van der Waals surface area contributed by atoms with Crippen molar-refractivity contribution in [3.05, 3.63) is 64.6 Å². The summed E-state index contributed by atoms with van der Waals surface area (Å²) in [7, 11) is 0. The van der Waals surface area contributed by atoms with Crippen LogP contribution < -0.4 is 9.47 Å². The molecule has 1 aliphatic rings. The number of hydrogen-bond donors (Lipinski definition) is 1. The standard InChI is InChI=1S/C29H35NO5S2/c1-3-5-6-7-8-12-17-35-24-16-15-22(19-25(24)34-4-2)20-26-27(31)30(29(36)37-26)23(28(32)33)18-21-13-10-9-11-14-21/h9-11,13-16,19-20,23H,3-8,12,17-18H2,1-2H3,(H,32,33). The number of carbonyl (C=O) groups excluding carboxylic acids is 1. The van der Waals surface area contributed by atoms with E-state index >= 15 is 0 Å². The molecule has 0 bridgehead atoms. The highest BCUT2D eigenvalue weighted by Gasteiger charge is 2.40. The van der Waals surface area contributed by atoms with Gasteiger partial charge in [-0.2, -0.15) is 0 Å². The molecule has 8 heteroatoms. The van der Waals surface area contributed by atoms with Crippen LogP contribution in [0.3, 0.4) is 0 Å². The predicted molar refractivity (Wildman–Crippen MR) is 153 cm³/mol. The lowest BCUT2D eigenvalue weighted by molar-refractivity contribution is -0.145. The minimum absolute atomic E-state index is 0.176. The Morgan fingerprint density at radius 2 is 1.76 bits per heavy atom. The van der Waals surface area contributed by atoms with Crippen molar-refractivity contribution in [2.24, 2.45) is 0 Å². The van der Waals surface area contributed by atoms with Crippen molar-refractivity contribution in [3.8, 4) is 11.5 Å². The molecule has 3 rings (SSSR count). The summed E-state index contributed by atoms with van der Waals surface area (Å²) in [6, 6.07) is 13.7. The van der Waals surface area contributed by atoms with E-state index in [1.165, 1.54) is 30.6 Å². The highest BCUT2D eigenvalue weighted by Crippen LogP contribution is 2.36. The molecule has 0 aromatic heterocycles. The first-order chi connectivity index (χ1) is 17.9. The fourth-order valence-corrected chi connectivity index (χ4v) is 5.45. The summed E-state index contributed by atoms with van der Waals surface area (Å²) < 4.78 is 12.0. The highest BCUT2D eigenvalue weighted by atomic mass is 32.2. The molecule has 2 aromatic rings. The Balaban J connectivity index is 1.70. The molecule has 2 aromatic carbocycles. The Morgan fingerprint density at radius 1 is 1.03 bits per heavy atom. The molecule has 1 atom stereocenters. The van der Waals surface area contributed by atoms with Crippen molar-refractivity contribution in [2.45, 2.75) is 64.8 Å². The van der Waals surface area contributed by atoms with Gasteiger partial charge in [0, 0.05) is 6.42 Å². The minimum atomic E-state index is -1.09. The van der Waals surface area contributed by atoms with E-state index in [4.69, 9.17) is 21.7 Å². The smallest absolute Gasteiger partial charge is 0.327 e. The summed E-state index contributed by atoms with van der Waals surface area (Å²) in [5.74, 6) is -0.203. The van der Waals surface area contributed by atoms with Crippen LogP contribution in [-0.2, 0) is 16.0 Å². The van der Waals surface area contributed by atoms with Crippen molar-refractivity contribution < 1.29 is 24.2 Å². The zero-order valence-electron chi connectivity index (χ0n) is 21.5. The second kappa shape index (κ2) is 14.8. The molecular weight excluding hydrogens is 506 g/mol. The molecule has 6 nitrogen and oxygen atoms in total. The third kappa shape index (κ3) is 8.33. The van der Waals surface area contributed by atoms with Gasteiger partial charge in [-0.25, -0.2) is 4.79 Å². The number of thioether (sulfide) groups is 1. The van der Waals surface area contributed by atoms with E-state index in [1.807, 2.05) is 55.5 Å². The first-order valence-corrected chi connectivity index (χ1v) is 14.1. The highest BCUT2D eigenvalue weighted by molar-refractivity contribution is 8.26. The summed E-state index contributed by atoms with van der Waals surface area (Å²) in [6.07, 6.45) is 9.04. The molecule has 1 fully saturated rings. The molecule has 0 spiro atoms. The maximum Gasteiger partial charge on any atom is 0.327 e. The molecular formula is C29H35NO5S2. The monoisotopic (exact) mass is 541 g/mol. The van der Waals surface area contributed by atoms with Gasteiger partial charge in [0.15, 0.2) is 11.5 Å². The van der Waals surface area contributed by atoms with Gasteiger partial charge in [0.1, 0.15) is 10.4 Å². The van der Waals surface area contributed by atoms with Gasteiger partial charge < -0.3 is 14.6 Å². The van der Waals surface area contributed by atoms with E-state index in [0.717, 1.165) is 35.7 Å². The number of nitrogens with zero attached hydrogens (tertiary/aromatic N) is 1. The van der Waals surface area contributed by atoms with Gasteiger partial charge in [0.05, 0.1) is 18.1 Å². The van der Waals surface area contributed by atoms with Gasteiger partial charge in [-0.1, -0.05) is 99.4 Å². The fourth-order valence-electron chi connectivity index (χ4n) is 4.09. The minimum Gasteiger partial charge on any atom is -0.490 e. The maximum atomic E-state index is 13.2. The number of carbonyl (C=O) groups is 2. The molecule has 0 saturated carbocycles.